The number of non-ortho nitro benzene ring substituents is 1. The largest absolute Gasteiger partial charge is 0.326 e. The first kappa shape index (κ1) is 23.8. The van der Waals surface area contributed by atoms with Gasteiger partial charge in [-0.25, -0.2) is 18.2 Å². The lowest BCUT2D eigenvalue weighted by molar-refractivity contribution is -0.385. The summed E-state index contributed by atoms with van der Waals surface area (Å²) in [5, 5.41) is 22.2. The molecule has 3 N–H and O–H groups in total. The van der Waals surface area contributed by atoms with Crippen LogP contribution in [0.5, 0.6) is 0 Å². The van der Waals surface area contributed by atoms with E-state index in [0.29, 0.717) is 29.3 Å². The number of carbonyl (C=O) groups excluding carboxylic acids is 3. The van der Waals surface area contributed by atoms with Crippen molar-refractivity contribution >= 4 is 39.1 Å². The second-order valence-electron chi connectivity index (χ2n) is 7.20. The molecule has 0 atom stereocenters. The summed E-state index contributed by atoms with van der Waals surface area (Å²) in [6, 6.07) is 9.09. The van der Waals surface area contributed by atoms with Crippen molar-refractivity contribution in [1.82, 2.24) is 9.79 Å². The second-order valence-corrected chi connectivity index (χ2v) is 9.03. The third kappa shape index (κ3) is 5.15. The Labute approximate surface area is 188 Å². The van der Waals surface area contributed by atoms with Crippen LogP contribution in [0.3, 0.4) is 0 Å². The number of nitro benzene ring substituents is 1. The van der Waals surface area contributed by atoms with E-state index in [2.05, 4.69) is 5.32 Å². The molecule has 12 nitrogen and oxygen atoms in total. The molecule has 0 spiro atoms. The van der Waals surface area contributed by atoms with Crippen molar-refractivity contribution in [2.45, 2.75) is 30.6 Å². The first-order valence-corrected chi connectivity index (χ1v) is 11.3. The Morgan fingerprint density at radius 1 is 1.09 bits per heavy atom. The predicted octanol–water partition coefficient (Wildman–Crippen LogP) is 2.06. The lowest BCUT2D eigenvalue weighted by Crippen LogP contribution is -2.31. The first-order chi connectivity index (χ1) is 15.6. The summed E-state index contributed by atoms with van der Waals surface area (Å²) in [6.07, 6.45) is 1.31. The molecular formula is C20H20N4O8S. The van der Waals surface area contributed by atoms with E-state index >= 15 is 0 Å². The zero-order valence-corrected chi connectivity index (χ0v) is 18.0. The van der Waals surface area contributed by atoms with Gasteiger partial charge >= 0.3 is 0 Å². The number of nitrogens with one attached hydrogen (secondary N) is 2. The Morgan fingerprint density at radius 2 is 1.85 bits per heavy atom. The molecule has 3 rings (SSSR count). The van der Waals surface area contributed by atoms with E-state index in [1.807, 2.05) is 0 Å². The summed E-state index contributed by atoms with van der Waals surface area (Å²) < 4.78 is 25.9. The highest BCUT2D eigenvalue weighted by Gasteiger charge is 2.41. The van der Waals surface area contributed by atoms with Gasteiger partial charge in [0.05, 0.1) is 10.5 Å². The number of unbranched alkanes of at least 4 members (excludes halogenated alkanes) is 2. The number of hydroxylamine groups is 1. The molecule has 2 aromatic carbocycles. The van der Waals surface area contributed by atoms with E-state index in [1.54, 1.807) is 12.1 Å². The van der Waals surface area contributed by atoms with Crippen molar-refractivity contribution in [3.8, 4) is 0 Å². The van der Waals surface area contributed by atoms with Crippen molar-refractivity contribution in [2.75, 3.05) is 11.9 Å². The average Bonchev–Trinajstić information content (AvgIpc) is 2.98. The van der Waals surface area contributed by atoms with Gasteiger partial charge in [0.25, 0.3) is 27.5 Å². The molecule has 1 heterocycles. The summed E-state index contributed by atoms with van der Waals surface area (Å²) in [6.45, 7) is -0.108. The fourth-order valence-corrected chi connectivity index (χ4v) is 4.97. The predicted molar refractivity (Wildman–Crippen MR) is 114 cm³/mol. The second kappa shape index (κ2) is 9.75. The fraction of sp³-hybridized carbons (Fsp3) is 0.250. The summed E-state index contributed by atoms with van der Waals surface area (Å²) in [7, 11) is -4.16. The third-order valence-corrected chi connectivity index (χ3v) is 6.80. The van der Waals surface area contributed by atoms with Gasteiger partial charge in [-0.3, -0.25) is 29.7 Å². The van der Waals surface area contributed by atoms with Gasteiger partial charge in [0.2, 0.25) is 5.91 Å². The van der Waals surface area contributed by atoms with Crippen LogP contribution in [0.25, 0.3) is 0 Å². The van der Waals surface area contributed by atoms with Crippen molar-refractivity contribution in [3.05, 3.63) is 63.7 Å². The number of rotatable bonds is 9. The maximum absolute atomic E-state index is 12.6. The van der Waals surface area contributed by atoms with Crippen LogP contribution >= 0.6 is 0 Å². The number of sulfonamides is 1. The van der Waals surface area contributed by atoms with E-state index in [0.717, 1.165) is 18.2 Å². The van der Waals surface area contributed by atoms with Crippen LogP contribution in [0, 0.1) is 10.1 Å². The summed E-state index contributed by atoms with van der Waals surface area (Å²) >= 11 is 0. The number of carbonyl (C=O) groups is 3. The molecule has 33 heavy (non-hydrogen) atoms. The van der Waals surface area contributed by atoms with Crippen LogP contribution in [-0.2, 0) is 14.8 Å². The Bertz CT molecular complexity index is 1230. The van der Waals surface area contributed by atoms with Crippen LogP contribution in [0.2, 0.25) is 0 Å². The summed E-state index contributed by atoms with van der Waals surface area (Å²) in [5.41, 5.74) is 1.53. The molecule has 0 aromatic heterocycles. The van der Waals surface area contributed by atoms with Gasteiger partial charge in [0.15, 0.2) is 0 Å². The van der Waals surface area contributed by atoms with Gasteiger partial charge in [-0.2, -0.15) is 0 Å². The highest BCUT2D eigenvalue weighted by Crippen LogP contribution is 2.33. The number of benzene rings is 2. The smallest absolute Gasteiger partial charge is 0.274 e. The normalized spacial score (nSPS) is 14.0. The minimum absolute atomic E-state index is 0.0999. The van der Waals surface area contributed by atoms with Gasteiger partial charge in [0, 0.05) is 36.3 Å². The first-order valence-electron chi connectivity index (χ1n) is 9.85. The standard InChI is InChI=1S/C20H20N4O8S/c25-18(21-14-6-4-5-13(11-14)19(26)22-28)7-2-1-3-10-23-20(27)16-9-8-15(24(29)30)12-17(16)33(23,31)32/h4-6,8-9,11-12,28H,1-3,7,10H2,(H,21,25)(H,22,26). The molecule has 3 amide bonds. The van der Waals surface area contributed by atoms with Crippen molar-refractivity contribution in [2.24, 2.45) is 0 Å². The molecule has 0 radical (unpaired) electrons. The molecule has 1 aliphatic rings. The Hall–Kier alpha value is -3.84. The zero-order valence-electron chi connectivity index (χ0n) is 17.2. The topological polar surface area (TPSA) is 176 Å². The van der Waals surface area contributed by atoms with Crippen molar-refractivity contribution in [3.63, 3.8) is 0 Å². The Morgan fingerprint density at radius 3 is 2.55 bits per heavy atom. The number of anilines is 1. The maximum Gasteiger partial charge on any atom is 0.274 e. The van der Waals surface area contributed by atoms with Crippen LogP contribution in [0.15, 0.2) is 47.4 Å². The van der Waals surface area contributed by atoms with Gasteiger partial charge in [-0.05, 0) is 37.1 Å². The van der Waals surface area contributed by atoms with E-state index in [1.165, 1.54) is 17.6 Å². The van der Waals surface area contributed by atoms with Crippen molar-refractivity contribution in [1.29, 1.82) is 0 Å². The van der Waals surface area contributed by atoms with Crippen LogP contribution < -0.4 is 10.8 Å². The zero-order chi connectivity index (χ0) is 24.2. The number of nitro groups is 1. The molecule has 174 valence electrons. The van der Waals surface area contributed by atoms with Gasteiger partial charge in [-0.15, -0.1) is 0 Å². The summed E-state index contributed by atoms with van der Waals surface area (Å²) in [5.74, 6) is -1.76. The van der Waals surface area contributed by atoms with Crippen LogP contribution in [0.4, 0.5) is 11.4 Å². The quantitative estimate of drug-likeness (QED) is 0.213. The molecule has 13 heteroatoms. The molecule has 0 unspecified atom stereocenters. The van der Waals surface area contributed by atoms with Crippen molar-refractivity contribution < 1.29 is 32.9 Å². The van der Waals surface area contributed by atoms with E-state index in [4.69, 9.17) is 5.21 Å². The highest BCUT2D eigenvalue weighted by atomic mass is 32.2. The lowest BCUT2D eigenvalue weighted by atomic mass is 10.1. The Kier molecular flexibility index (Phi) is 7.04. The van der Waals surface area contributed by atoms with E-state index < -0.39 is 32.4 Å². The van der Waals surface area contributed by atoms with E-state index in [-0.39, 0.29) is 34.9 Å². The molecule has 0 saturated carbocycles. The molecular weight excluding hydrogens is 456 g/mol. The fourth-order valence-electron chi connectivity index (χ4n) is 3.34. The SMILES string of the molecule is O=C(CCCCCN1C(=O)c2ccc([N+](=O)[O-])cc2S1(=O)=O)Nc1cccc(C(=O)NO)c1. The Balaban J connectivity index is 1.49. The molecule has 2 aromatic rings. The third-order valence-electron chi connectivity index (χ3n) is 4.98. The highest BCUT2D eigenvalue weighted by molar-refractivity contribution is 7.90. The minimum atomic E-state index is -4.16. The molecule has 1 aliphatic heterocycles. The maximum atomic E-state index is 12.6. The number of hydrogen-bond acceptors (Lipinski definition) is 8. The molecule has 0 aliphatic carbocycles. The van der Waals surface area contributed by atoms with Crippen LogP contribution in [-0.4, -0.2) is 47.1 Å². The number of hydrogen-bond donors (Lipinski definition) is 3. The number of nitrogens with zero attached hydrogens (tertiary/aromatic N) is 2. The molecule has 0 bridgehead atoms. The van der Waals surface area contributed by atoms with Gasteiger partial charge in [0.1, 0.15) is 4.90 Å². The number of fused-ring (bicyclic) bond motifs is 1. The monoisotopic (exact) mass is 476 g/mol. The lowest BCUT2D eigenvalue weighted by Gasteiger charge is -2.14. The van der Waals surface area contributed by atoms with Crippen LogP contribution in [0.1, 0.15) is 46.4 Å². The van der Waals surface area contributed by atoms with Gasteiger partial charge < -0.3 is 5.32 Å². The molecule has 0 fully saturated rings. The average molecular weight is 476 g/mol. The number of amides is 3. The molecule has 0 saturated heterocycles. The summed E-state index contributed by atoms with van der Waals surface area (Å²) in [4.78, 5) is 45.7. The minimum Gasteiger partial charge on any atom is -0.326 e. The van der Waals surface area contributed by atoms with E-state index in [9.17, 15) is 32.9 Å². The van der Waals surface area contributed by atoms with Gasteiger partial charge in [-0.1, -0.05) is 12.5 Å².